The molecule has 398 valence electrons. The van der Waals surface area contributed by atoms with Crippen LogP contribution in [0.2, 0.25) is 0 Å². The molecule has 0 saturated heterocycles. The van der Waals surface area contributed by atoms with E-state index in [4.69, 9.17) is 43.6 Å². The highest BCUT2D eigenvalue weighted by Crippen LogP contribution is 2.50. The molecule has 0 unspecified atom stereocenters. The minimum absolute atomic E-state index is 0.108. The fraction of sp³-hybridized carbons (Fsp3) is 0.266. The summed E-state index contributed by atoms with van der Waals surface area (Å²) in [5, 5.41) is 5.28. The van der Waals surface area contributed by atoms with Crippen molar-refractivity contribution in [1.82, 2.24) is 9.97 Å². The van der Waals surface area contributed by atoms with Gasteiger partial charge in [0.25, 0.3) is 0 Å². The lowest BCUT2D eigenvalue weighted by molar-refractivity contribution is -0.146. The Morgan fingerprint density at radius 1 is 0.513 bits per heavy atom. The second-order valence-electron chi connectivity index (χ2n) is 19.9. The lowest BCUT2D eigenvalue weighted by Crippen LogP contribution is -2.29. The van der Waals surface area contributed by atoms with E-state index in [-0.39, 0.29) is 41.5 Å². The molecule has 2 saturated carbocycles. The number of esters is 1. The van der Waals surface area contributed by atoms with E-state index in [2.05, 4.69) is 9.97 Å². The number of methoxy groups -OCH3 is 3. The molecule has 78 heavy (non-hydrogen) atoms. The fourth-order valence-electron chi connectivity index (χ4n) is 9.30. The van der Waals surface area contributed by atoms with Crippen LogP contribution in [0.5, 0.6) is 51.7 Å². The smallest absolute Gasteiger partial charge is 0.306 e. The molecular formula is C64H61N3O11. The molecule has 0 bridgehead atoms. The molecular weight excluding hydrogens is 987 g/mol. The van der Waals surface area contributed by atoms with E-state index in [9.17, 15) is 14.4 Å². The van der Waals surface area contributed by atoms with Gasteiger partial charge in [0.2, 0.25) is 0 Å². The SMILES string of the molecule is CCC(=O)c1cccc2cc(Oc3ccnc4cc(OCC5(CC(=O)OCc6ccc(OC)cc6)CC5)c(OC)cc34)ccc12.CCC(=O)c1cccc2cc(Oc3ccnc4cc(OCC5(N)CC5)c(OC)cc34)ccc12. The molecule has 2 aromatic heterocycles. The summed E-state index contributed by atoms with van der Waals surface area (Å²) in [4.78, 5) is 46.4. The van der Waals surface area contributed by atoms with Crippen LogP contribution in [0.15, 0.2) is 146 Å². The van der Waals surface area contributed by atoms with Gasteiger partial charge in [-0.05, 0) is 126 Å². The van der Waals surface area contributed by atoms with E-state index >= 15 is 0 Å². The van der Waals surface area contributed by atoms with Gasteiger partial charge in [-0.1, -0.05) is 62.4 Å². The highest BCUT2D eigenvalue weighted by atomic mass is 16.5. The Labute approximate surface area is 452 Å². The summed E-state index contributed by atoms with van der Waals surface area (Å²) in [7, 11) is 4.81. The van der Waals surface area contributed by atoms with E-state index in [1.807, 2.05) is 141 Å². The second kappa shape index (κ2) is 22.8. The maximum Gasteiger partial charge on any atom is 0.306 e. The number of ether oxygens (including phenoxy) is 8. The minimum atomic E-state index is -0.257. The van der Waals surface area contributed by atoms with Crippen molar-refractivity contribution in [3.8, 4) is 51.7 Å². The third kappa shape index (κ3) is 11.9. The van der Waals surface area contributed by atoms with Gasteiger partial charge in [0.1, 0.15) is 42.0 Å². The Morgan fingerprint density at radius 2 is 1.01 bits per heavy atom. The van der Waals surface area contributed by atoms with Gasteiger partial charge in [0.05, 0.1) is 50.9 Å². The molecule has 14 heteroatoms. The van der Waals surface area contributed by atoms with Crippen LogP contribution in [0.4, 0.5) is 0 Å². The van der Waals surface area contributed by atoms with Crippen molar-refractivity contribution in [2.24, 2.45) is 11.1 Å². The zero-order valence-corrected chi connectivity index (χ0v) is 44.4. The van der Waals surface area contributed by atoms with Crippen LogP contribution in [-0.2, 0) is 16.1 Å². The maximum atomic E-state index is 12.7. The highest BCUT2D eigenvalue weighted by molar-refractivity contribution is 6.09. The normalized spacial score (nSPS) is 13.7. The van der Waals surface area contributed by atoms with Crippen LogP contribution in [-0.4, -0.2) is 67.6 Å². The lowest BCUT2D eigenvalue weighted by atomic mass is 10.00. The van der Waals surface area contributed by atoms with Crippen LogP contribution in [0.1, 0.15) is 85.1 Å². The standard InChI is InChI=1S/C37H35NO7.C27H26N2O4/c1-4-32(39)29-7-5-6-25-18-27(12-13-28(25)29)45-33-14-17-38-31-20-35(34(42-3)19-30(31)33)44-23-37(15-16-37)21-36(40)43-22-24-8-10-26(41-2)11-9-24;1-3-23(30)20-6-4-5-17-13-18(7-8-19(17)20)33-24-9-12-29-22-15-26(25(31-2)14-21(22)24)32-16-27(28)10-11-27/h5-14,17-20H,4,15-16,21-23H2,1-3H3;4-9,12-15H,3,10-11,16,28H2,1-2H3. The minimum Gasteiger partial charge on any atom is -0.497 e. The number of aromatic nitrogens is 2. The van der Waals surface area contributed by atoms with Gasteiger partial charge in [-0.15, -0.1) is 0 Å². The third-order valence-corrected chi connectivity index (χ3v) is 14.4. The number of nitrogens with zero attached hydrogens (tertiary/aromatic N) is 2. The van der Waals surface area contributed by atoms with Crippen molar-refractivity contribution in [3.05, 3.63) is 163 Å². The molecule has 2 aliphatic rings. The topological polar surface area (TPSA) is 177 Å². The van der Waals surface area contributed by atoms with Gasteiger partial charge in [-0.3, -0.25) is 24.4 Å². The molecule has 7 aromatic carbocycles. The number of pyridine rings is 2. The number of benzene rings is 7. The number of carbonyl (C=O) groups excluding carboxylic acids is 3. The first-order valence-electron chi connectivity index (χ1n) is 26.1. The van der Waals surface area contributed by atoms with Gasteiger partial charge < -0.3 is 43.6 Å². The number of hydrogen-bond donors (Lipinski definition) is 1. The second-order valence-corrected chi connectivity index (χ2v) is 19.9. The number of carbonyl (C=O) groups is 3. The molecule has 9 aromatic rings. The van der Waals surface area contributed by atoms with E-state index < -0.39 is 0 Å². The molecule has 2 fully saturated rings. The average Bonchev–Trinajstić information content (AvgIpc) is 4.48. The molecule has 14 nitrogen and oxygen atoms in total. The van der Waals surface area contributed by atoms with Crippen molar-refractivity contribution < 1.29 is 52.3 Å². The summed E-state index contributed by atoms with van der Waals surface area (Å²) in [5.41, 5.74) is 9.45. The molecule has 0 spiro atoms. The van der Waals surface area contributed by atoms with E-state index in [1.54, 1.807) is 39.8 Å². The van der Waals surface area contributed by atoms with Crippen LogP contribution < -0.4 is 38.9 Å². The van der Waals surface area contributed by atoms with E-state index in [0.717, 1.165) is 80.4 Å². The predicted molar refractivity (Wildman–Crippen MR) is 300 cm³/mol. The Morgan fingerprint density at radius 3 is 1.47 bits per heavy atom. The monoisotopic (exact) mass is 1050 g/mol. The van der Waals surface area contributed by atoms with Crippen molar-refractivity contribution in [1.29, 1.82) is 0 Å². The van der Waals surface area contributed by atoms with Gasteiger partial charge in [0.15, 0.2) is 34.6 Å². The van der Waals surface area contributed by atoms with Crippen molar-refractivity contribution in [2.75, 3.05) is 34.5 Å². The van der Waals surface area contributed by atoms with Gasteiger partial charge in [-0.2, -0.15) is 0 Å². The molecule has 2 aliphatic carbocycles. The first kappa shape index (κ1) is 52.7. The quantitative estimate of drug-likeness (QED) is 0.0531. The number of hydrogen-bond acceptors (Lipinski definition) is 14. The third-order valence-electron chi connectivity index (χ3n) is 14.4. The van der Waals surface area contributed by atoms with Crippen LogP contribution in [0.3, 0.4) is 0 Å². The summed E-state index contributed by atoms with van der Waals surface area (Å²) in [6.45, 7) is 4.77. The summed E-state index contributed by atoms with van der Waals surface area (Å²) in [5.74, 6) is 5.64. The molecule has 11 rings (SSSR count). The summed E-state index contributed by atoms with van der Waals surface area (Å²) in [6, 6.07) is 41.5. The van der Waals surface area contributed by atoms with Gasteiger partial charge in [-0.25, -0.2) is 0 Å². The Balaban J connectivity index is 0.000000185. The Hall–Kier alpha value is -8.75. The van der Waals surface area contributed by atoms with Gasteiger partial charge >= 0.3 is 5.97 Å². The van der Waals surface area contributed by atoms with E-state index in [0.29, 0.717) is 83.1 Å². The Kier molecular flexibility index (Phi) is 15.4. The zero-order valence-electron chi connectivity index (χ0n) is 44.4. The van der Waals surface area contributed by atoms with Crippen molar-refractivity contribution in [3.63, 3.8) is 0 Å². The molecule has 0 atom stereocenters. The molecule has 2 N–H and O–H groups in total. The summed E-state index contributed by atoms with van der Waals surface area (Å²) in [6.07, 6.45) is 8.32. The van der Waals surface area contributed by atoms with Crippen LogP contribution in [0, 0.1) is 5.41 Å². The van der Waals surface area contributed by atoms with E-state index in [1.165, 1.54) is 0 Å². The first-order chi connectivity index (χ1) is 37.9. The number of Topliss-reactive ketones (excluding diaryl/α,β-unsaturated/α-hetero) is 2. The maximum absolute atomic E-state index is 12.7. The van der Waals surface area contributed by atoms with Crippen LogP contribution in [0.25, 0.3) is 43.4 Å². The zero-order chi connectivity index (χ0) is 54.4. The number of nitrogens with two attached hydrogens (primary N) is 1. The number of ketones is 2. The molecule has 0 amide bonds. The lowest BCUT2D eigenvalue weighted by Gasteiger charge is -2.18. The molecule has 0 radical (unpaired) electrons. The predicted octanol–water partition coefficient (Wildman–Crippen LogP) is 13.7. The van der Waals surface area contributed by atoms with Crippen LogP contribution >= 0.6 is 0 Å². The number of rotatable bonds is 21. The summed E-state index contributed by atoms with van der Waals surface area (Å²) >= 11 is 0. The summed E-state index contributed by atoms with van der Waals surface area (Å²) < 4.78 is 46.7. The molecule has 2 heterocycles. The highest BCUT2D eigenvalue weighted by Gasteiger charge is 2.46. The van der Waals surface area contributed by atoms with Crippen molar-refractivity contribution >= 4 is 60.9 Å². The van der Waals surface area contributed by atoms with Crippen molar-refractivity contribution in [2.45, 2.75) is 70.9 Å². The Bertz CT molecular complexity index is 3700. The largest absolute Gasteiger partial charge is 0.497 e. The first-order valence-corrected chi connectivity index (χ1v) is 26.1. The average molecular weight is 1050 g/mol. The van der Waals surface area contributed by atoms with Gasteiger partial charge in [0, 0.05) is 64.7 Å². The number of fused-ring (bicyclic) bond motifs is 4. The fourth-order valence-corrected chi connectivity index (χ4v) is 9.30. The molecule has 0 aliphatic heterocycles.